The van der Waals surface area contributed by atoms with Gasteiger partial charge in [-0.25, -0.2) is 4.79 Å². The molecular formula is C22H24N4O3S. The zero-order valence-electron chi connectivity index (χ0n) is 17.3. The van der Waals surface area contributed by atoms with E-state index in [4.69, 9.17) is 10.00 Å². The number of carbonyl (C=O) groups is 2. The first-order valence-electron chi connectivity index (χ1n) is 9.77. The Kier molecular flexibility index (Phi) is 6.85. The third kappa shape index (κ3) is 4.86. The fraction of sp³-hybridized carbons (Fsp3) is 0.364. The van der Waals surface area contributed by atoms with Crippen molar-refractivity contribution in [3.63, 3.8) is 0 Å². The summed E-state index contributed by atoms with van der Waals surface area (Å²) in [4.78, 5) is 28.1. The molecule has 7 nitrogen and oxygen atoms in total. The van der Waals surface area contributed by atoms with Crippen LogP contribution in [0.15, 0.2) is 36.4 Å². The number of aryl methyl sites for hydroxylation is 1. The number of fused-ring (bicyclic) bond motifs is 1. The van der Waals surface area contributed by atoms with Crippen LogP contribution in [0.25, 0.3) is 10.2 Å². The second kappa shape index (κ2) is 9.55. The van der Waals surface area contributed by atoms with Gasteiger partial charge < -0.3 is 9.64 Å². The average molecular weight is 425 g/mol. The Hall–Kier alpha value is -3.18. The number of benzene rings is 1. The summed E-state index contributed by atoms with van der Waals surface area (Å²) in [5, 5.41) is 14.3. The Labute approximate surface area is 179 Å². The van der Waals surface area contributed by atoms with Crippen LogP contribution in [0.5, 0.6) is 0 Å². The molecule has 8 heteroatoms. The van der Waals surface area contributed by atoms with Gasteiger partial charge in [0, 0.05) is 24.2 Å². The molecule has 0 N–H and O–H groups in total. The van der Waals surface area contributed by atoms with Crippen molar-refractivity contribution in [2.24, 2.45) is 5.92 Å². The number of hydrogen-bond acceptors (Lipinski definition) is 6. The number of esters is 1. The van der Waals surface area contributed by atoms with Gasteiger partial charge in [0.15, 0.2) is 6.61 Å². The van der Waals surface area contributed by atoms with Gasteiger partial charge in [0.25, 0.3) is 5.91 Å². The number of rotatable bonds is 8. The molecule has 0 atom stereocenters. The fourth-order valence-electron chi connectivity index (χ4n) is 3.13. The lowest BCUT2D eigenvalue weighted by Crippen LogP contribution is -2.35. The predicted molar refractivity (Wildman–Crippen MR) is 116 cm³/mol. The molecule has 2 aromatic heterocycles. The average Bonchev–Trinajstić information content (AvgIpc) is 3.28. The number of aromatic nitrogens is 2. The molecule has 0 saturated carbocycles. The van der Waals surface area contributed by atoms with E-state index in [1.165, 1.54) is 16.2 Å². The van der Waals surface area contributed by atoms with Crippen LogP contribution >= 0.6 is 11.3 Å². The van der Waals surface area contributed by atoms with Gasteiger partial charge in [0.05, 0.1) is 18.2 Å². The lowest BCUT2D eigenvalue weighted by atomic mass is 10.2. The summed E-state index contributed by atoms with van der Waals surface area (Å²) in [6.07, 6.45) is 0.191. The topological polar surface area (TPSA) is 88.2 Å². The van der Waals surface area contributed by atoms with Crippen molar-refractivity contribution in [2.45, 2.75) is 33.7 Å². The molecule has 0 fully saturated rings. The quantitative estimate of drug-likeness (QED) is 0.507. The number of ether oxygens (including phenoxy) is 1. The summed E-state index contributed by atoms with van der Waals surface area (Å²) in [6, 6.07) is 12.9. The lowest BCUT2D eigenvalue weighted by molar-refractivity contribution is -0.121. The normalized spacial score (nSPS) is 10.9. The van der Waals surface area contributed by atoms with Crippen molar-refractivity contribution in [3.8, 4) is 6.07 Å². The van der Waals surface area contributed by atoms with Gasteiger partial charge in [-0.05, 0) is 31.0 Å². The van der Waals surface area contributed by atoms with Gasteiger partial charge in [-0.3, -0.25) is 9.48 Å². The molecule has 3 rings (SSSR count). The molecule has 1 aromatic carbocycles. The van der Waals surface area contributed by atoms with E-state index in [2.05, 4.69) is 18.9 Å². The molecule has 0 aliphatic rings. The van der Waals surface area contributed by atoms with Crippen LogP contribution in [0.1, 0.15) is 35.6 Å². The van der Waals surface area contributed by atoms with Gasteiger partial charge in [0.1, 0.15) is 9.71 Å². The van der Waals surface area contributed by atoms with E-state index in [0.29, 0.717) is 16.5 Å². The van der Waals surface area contributed by atoms with E-state index in [9.17, 15) is 9.59 Å². The Morgan fingerprint density at radius 2 is 2.03 bits per heavy atom. The van der Waals surface area contributed by atoms with Crippen LogP contribution in [-0.2, 0) is 16.1 Å². The zero-order chi connectivity index (χ0) is 21.7. The molecular weight excluding hydrogens is 400 g/mol. The van der Waals surface area contributed by atoms with Gasteiger partial charge >= 0.3 is 5.97 Å². The van der Waals surface area contributed by atoms with E-state index in [1.54, 1.807) is 18.2 Å². The minimum atomic E-state index is -0.534. The SMILES string of the molecule is Cc1nn(CC(C)C)c2sc(C(=O)OCC(=O)N(CCC#N)c3ccccc3)cc12. The smallest absolute Gasteiger partial charge is 0.348 e. The summed E-state index contributed by atoms with van der Waals surface area (Å²) >= 11 is 1.32. The third-order valence-corrected chi connectivity index (χ3v) is 5.62. The van der Waals surface area contributed by atoms with E-state index in [-0.39, 0.29) is 25.5 Å². The van der Waals surface area contributed by atoms with Crippen molar-refractivity contribution in [1.29, 1.82) is 5.26 Å². The predicted octanol–water partition coefficient (Wildman–Crippen LogP) is 4.17. The maximum atomic E-state index is 12.7. The van der Waals surface area contributed by atoms with Crippen molar-refractivity contribution >= 4 is 39.1 Å². The molecule has 0 spiro atoms. The molecule has 0 bridgehead atoms. The molecule has 0 aliphatic heterocycles. The van der Waals surface area contributed by atoms with Crippen molar-refractivity contribution in [3.05, 3.63) is 47.0 Å². The van der Waals surface area contributed by atoms with Gasteiger partial charge in [0.2, 0.25) is 0 Å². The largest absolute Gasteiger partial charge is 0.451 e. The van der Waals surface area contributed by atoms with Crippen LogP contribution in [0.4, 0.5) is 5.69 Å². The first kappa shape index (κ1) is 21.5. The molecule has 0 radical (unpaired) electrons. The van der Waals surface area contributed by atoms with Crippen LogP contribution in [0.2, 0.25) is 0 Å². The summed E-state index contributed by atoms with van der Waals surface area (Å²) < 4.78 is 7.22. The van der Waals surface area contributed by atoms with Crippen LogP contribution in [0.3, 0.4) is 0 Å². The highest BCUT2D eigenvalue weighted by Gasteiger charge is 2.21. The maximum absolute atomic E-state index is 12.7. The van der Waals surface area contributed by atoms with Crippen LogP contribution in [0, 0.1) is 24.2 Å². The lowest BCUT2D eigenvalue weighted by Gasteiger charge is -2.21. The summed E-state index contributed by atoms with van der Waals surface area (Å²) in [5.41, 5.74) is 1.53. The Balaban J connectivity index is 1.71. The second-order valence-corrected chi connectivity index (χ2v) is 8.39. The van der Waals surface area contributed by atoms with Gasteiger partial charge in [-0.2, -0.15) is 10.4 Å². The van der Waals surface area contributed by atoms with Crippen LogP contribution < -0.4 is 4.90 Å². The summed E-state index contributed by atoms with van der Waals surface area (Å²) in [5.74, 6) is -0.471. The molecule has 1 amide bonds. The van der Waals surface area contributed by atoms with Gasteiger partial charge in [-0.1, -0.05) is 32.0 Å². The molecule has 2 heterocycles. The number of anilines is 1. The number of hydrogen-bond donors (Lipinski definition) is 0. The zero-order valence-corrected chi connectivity index (χ0v) is 18.1. The number of nitrogens with zero attached hydrogens (tertiary/aromatic N) is 4. The monoisotopic (exact) mass is 424 g/mol. The second-order valence-electron chi connectivity index (χ2n) is 7.36. The van der Waals surface area contributed by atoms with Crippen molar-refractivity contribution < 1.29 is 14.3 Å². The number of nitriles is 1. The number of para-hydroxylation sites is 1. The summed E-state index contributed by atoms with van der Waals surface area (Å²) in [7, 11) is 0. The third-order valence-electron chi connectivity index (χ3n) is 4.49. The highest BCUT2D eigenvalue weighted by atomic mass is 32.1. The van der Waals surface area contributed by atoms with Crippen molar-refractivity contribution in [1.82, 2.24) is 9.78 Å². The first-order chi connectivity index (χ1) is 14.4. The highest BCUT2D eigenvalue weighted by molar-refractivity contribution is 7.20. The number of amides is 1. The van der Waals surface area contributed by atoms with E-state index >= 15 is 0 Å². The van der Waals surface area contributed by atoms with Gasteiger partial charge in [-0.15, -0.1) is 11.3 Å². The fourth-order valence-corrected chi connectivity index (χ4v) is 4.19. The van der Waals surface area contributed by atoms with E-state index in [1.807, 2.05) is 35.9 Å². The Bertz CT molecular complexity index is 1080. The number of carbonyl (C=O) groups excluding carboxylic acids is 2. The Morgan fingerprint density at radius 1 is 1.30 bits per heavy atom. The number of thiophene rings is 1. The maximum Gasteiger partial charge on any atom is 0.348 e. The van der Waals surface area contributed by atoms with Crippen LogP contribution in [-0.4, -0.2) is 34.8 Å². The molecule has 30 heavy (non-hydrogen) atoms. The van der Waals surface area contributed by atoms with E-state index < -0.39 is 5.97 Å². The van der Waals surface area contributed by atoms with Crippen molar-refractivity contribution in [2.75, 3.05) is 18.1 Å². The minimum Gasteiger partial charge on any atom is -0.451 e. The molecule has 0 aliphatic carbocycles. The molecule has 3 aromatic rings. The van der Waals surface area contributed by atoms with E-state index in [0.717, 1.165) is 22.5 Å². The first-order valence-corrected chi connectivity index (χ1v) is 10.6. The highest BCUT2D eigenvalue weighted by Crippen LogP contribution is 2.29. The standard InChI is InChI=1S/C22H24N4O3S/c1-15(2)13-26-21-18(16(3)24-26)12-19(30-21)22(28)29-14-20(27)25(11-7-10-23)17-8-5-4-6-9-17/h4-6,8-9,12,15H,7,11,13-14H2,1-3H3. The molecule has 0 unspecified atom stereocenters. The Morgan fingerprint density at radius 3 is 2.70 bits per heavy atom. The molecule has 156 valence electrons. The summed E-state index contributed by atoms with van der Waals surface area (Å²) in [6.45, 7) is 6.76. The molecule has 0 saturated heterocycles. The minimum absolute atomic E-state index is 0.191.